The summed E-state index contributed by atoms with van der Waals surface area (Å²) in [5.41, 5.74) is 3.25. The molecule has 1 fully saturated rings. The van der Waals surface area contributed by atoms with Crippen LogP contribution in [0.2, 0.25) is 0 Å². The summed E-state index contributed by atoms with van der Waals surface area (Å²) in [7, 11) is 0. The van der Waals surface area contributed by atoms with Crippen LogP contribution >= 0.6 is 27.7 Å². The van der Waals surface area contributed by atoms with Crippen LogP contribution < -0.4 is 14.8 Å². The smallest absolute Gasteiger partial charge is 0.293 e. The van der Waals surface area contributed by atoms with Crippen LogP contribution in [0.1, 0.15) is 23.6 Å². The number of anilines is 1. The Balaban J connectivity index is 1.49. The maximum absolute atomic E-state index is 12.9. The molecule has 190 valence electrons. The van der Waals surface area contributed by atoms with Gasteiger partial charge in [-0.05, 0) is 88.6 Å². The summed E-state index contributed by atoms with van der Waals surface area (Å²) in [4.78, 5) is 39.4. The van der Waals surface area contributed by atoms with Crippen molar-refractivity contribution in [2.75, 3.05) is 18.5 Å². The Hall–Kier alpha value is -3.56. The van der Waals surface area contributed by atoms with Gasteiger partial charge in [0, 0.05) is 5.69 Å². The second-order valence-electron chi connectivity index (χ2n) is 8.22. The maximum Gasteiger partial charge on any atom is 0.293 e. The summed E-state index contributed by atoms with van der Waals surface area (Å²) < 4.78 is 12.1. The Morgan fingerprint density at radius 1 is 1.05 bits per heavy atom. The maximum atomic E-state index is 12.9. The summed E-state index contributed by atoms with van der Waals surface area (Å²) in [6.45, 7) is 4.15. The highest BCUT2D eigenvalue weighted by Crippen LogP contribution is 2.39. The van der Waals surface area contributed by atoms with Crippen LogP contribution in [0.4, 0.5) is 10.5 Å². The number of benzene rings is 3. The zero-order chi connectivity index (χ0) is 26.4. The quantitative estimate of drug-likeness (QED) is 0.294. The van der Waals surface area contributed by atoms with E-state index in [1.165, 1.54) is 4.90 Å². The van der Waals surface area contributed by atoms with Gasteiger partial charge in [-0.3, -0.25) is 19.3 Å². The van der Waals surface area contributed by atoms with Gasteiger partial charge in [-0.2, -0.15) is 0 Å². The first-order valence-corrected chi connectivity index (χ1v) is 13.2. The third-order valence-corrected chi connectivity index (χ3v) is 6.83. The topological polar surface area (TPSA) is 84.9 Å². The van der Waals surface area contributed by atoms with E-state index in [0.29, 0.717) is 38.7 Å². The first-order chi connectivity index (χ1) is 17.8. The average molecular weight is 581 g/mol. The van der Waals surface area contributed by atoms with E-state index in [4.69, 9.17) is 9.47 Å². The Morgan fingerprint density at radius 3 is 2.57 bits per heavy atom. The molecule has 0 radical (unpaired) electrons. The summed E-state index contributed by atoms with van der Waals surface area (Å²) in [6.07, 6.45) is 1.65. The lowest BCUT2D eigenvalue weighted by molar-refractivity contribution is -0.123. The van der Waals surface area contributed by atoms with Gasteiger partial charge in [0.1, 0.15) is 0 Å². The summed E-state index contributed by atoms with van der Waals surface area (Å²) in [5, 5.41) is 2.49. The molecule has 0 aliphatic carbocycles. The van der Waals surface area contributed by atoms with E-state index in [9.17, 15) is 14.4 Å². The Labute approximate surface area is 228 Å². The monoisotopic (exact) mass is 580 g/mol. The summed E-state index contributed by atoms with van der Waals surface area (Å²) in [5.74, 6) is 0.128. The van der Waals surface area contributed by atoms with Crippen LogP contribution in [-0.2, 0) is 16.1 Å². The van der Waals surface area contributed by atoms with Crippen LogP contribution in [-0.4, -0.2) is 35.2 Å². The first kappa shape index (κ1) is 26.5. The number of hydrogen-bond donors (Lipinski definition) is 1. The van der Waals surface area contributed by atoms with Crippen molar-refractivity contribution < 1.29 is 23.9 Å². The van der Waals surface area contributed by atoms with Crippen molar-refractivity contribution in [1.82, 2.24) is 4.90 Å². The molecule has 3 aromatic rings. The number of aryl methyl sites for hydroxylation is 1. The number of imide groups is 1. The summed E-state index contributed by atoms with van der Waals surface area (Å²) >= 11 is 4.39. The van der Waals surface area contributed by atoms with Crippen molar-refractivity contribution in [1.29, 1.82) is 0 Å². The van der Waals surface area contributed by atoms with Gasteiger partial charge < -0.3 is 14.8 Å². The number of amides is 3. The molecule has 0 aromatic heterocycles. The minimum absolute atomic E-state index is 0.216. The van der Waals surface area contributed by atoms with E-state index >= 15 is 0 Å². The van der Waals surface area contributed by atoms with Gasteiger partial charge in [0.2, 0.25) is 0 Å². The van der Waals surface area contributed by atoms with E-state index in [1.807, 2.05) is 68.4 Å². The second-order valence-corrected chi connectivity index (χ2v) is 10.1. The number of hydrogen-bond acceptors (Lipinski definition) is 6. The molecule has 0 unspecified atom stereocenters. The fourth-order valence-corrected chi connectivity index (χ4v) is 5.10. The van der Waals surface area contributed by atoms with Crippen molar-refractivity contribution in [2.24, 2.45) is 0 Å². The number of halogens is 1. The molecular weight excluding hydrogens is 556 g/mol. The molecule has 3 aromatic carbocycles. The van der Waals surface area contributed by atoms with E-state index in [2.05, 4.69) is 21.2 Å². The third kappa shape index (κ3) is 6.81. The molecule has 0 atom stereocenters. The SMILES string of the molecule is CCOc1cc(/C=C2\SC(=O)N(Cc3ccccc3)C2=O)cc(Br)c1OCC(=O)Nc1cccc(C)c1. The minimum atomic E-state index is -0.346. The molecule has 9 heteroatoms. The molecule has 1 aliphatic rings. The van der Waals surface area contributed by atoms with E-state index in [0.717, 1.165) is 22.9 Å². The number of nitrogens with zero attached hydrogens (tertiary/aromatic N) is 1. The van der Waals surface area contributed by atoms with Crippen molar-refractivity contribution in [3.8, 4) is 11.5 Å². The average Bonchev–Trinajstić information content (AvgIpc) is 3.11. The Bertz CT molecular complexity index is 1360. The number of carbonyl (C=O) groups excluding carboxylic acids is 3. The van der Waals surface area contributed by atoms with E-state index in [1.54, 1.807) is 18.2 Å². The number of thioether (sulfide) groups is 1. The van der Waals surface area contributed by atoms with Crippen molar-refractivity contribution in [2.45, 2.75) is 20.4 Å². The molecule has 0 saturated carbocycles. The zero-order valence-corrected chi connectivity index (χ0v) is 22.7. The predicted molar refractivity (Wildman–Crippen MR) is 149 cm³/mol. The Morgan fingerprint density at radius 2 is 1.84 bits per heavy atom. The highest BCUT2D eigenvalue weighted by molar-refractivity contribution is 9.10. The third-order valence-electron chi connectivity index (χ3n) is 5.34. The lowest BCUT2D eigenvalue weighted by Gasteiger charge is -2.15. The molecule has 0 spiro atoms. The second kappa shape index (κ2) is 12.1. The molecule has 4 rings (SSSR count). The normalized spacial score (nSPS) is 14.2. The van der Waals surface area contributed by atoms with Gasteiger partial charge >= 0.3 is 0 Å². The lowest BCUT2D eigenvalue weighted by atomic mass is 10.1. The molecule has 37 heavy (non-hydrogen) atoms. The van der Waals surface area contributed by atoms with Gasteiger partial charge in [0.25, 0.3) is 17.1 Å². The van der Waals surface area contributed by atoms with Gasteiger partial charge in [-0.1, -0.05) is 42.5 Å². The number of ether oxygens (including phenoxy) is 2. The van der Waals surface area contributed by atoms with Gasteiger partial charge in [0.05, 0.1) is 22.5 Å². The van der Waals surface area contributed by atoms with Crippen LogP contribution in [0, 0.1) is 6.92 Å². The van der Waals surface area contributed by atoms with Crippen LogP contribution in [0.15, 0.2) is 76.1 Å². The van der Waals surface area contributed by atoms with E-state index in [-0.39, 0.29) is 30.2 Å². The minimum Gasteiger partial charge on any atom is -0.490 e. The van der Waals surface area contributed by atoms with Crippen LogP contribution in [0.5, 0.6) is 11.5 Å². The van der Waals surface area contributed by atoms with Crippen LogP contribution in [0.3, 0.4) is 0 Å². The van der Waals surface area contributed by atoms with Gasteiger partial charge in [0.15, 0.2) is 18.1 Å². The predicted octanol–water partition coefficient (Wildman–Crippen LogP) is 6.41. The molecular formula is C28H25BrN2O5S. The van der Waals surface area contributed by atoms with Crippen molar-refractivity contribution in [3.63, 3.8) is 0 Å². The highest BCUT2D eigenvalue weighted by atomic mass is 79.9. The molecule has 1 saturated heterocycles. The highest BCUT2D eigenvalue weighted by Gasteiger charge is 2.35. The van der Waals surface area contributed by atoms with Crippen molar-refractivity contribution >= 4 is 56.5 Å². The molecule has 1 aliphatic heterocycles. The molecule has 1 N–H and O–H groups in total. The molecule has 1 heterocycles. The fraction of sp³-hybridized carbons (Fsp3) is 0.179. The largest absolute Gasteiger partial charge is 0.490 e. The van der Waals surface area contributed by atoms with Gasteiger partial charge in [-0.15, -0.1) is 0 Å². The number of carbonyl (C=O) groups is 3. The molecule has 7 nitrogen and oxygen atoms in total. The Kier molecular flexibility index (Phi) is 8.68. The molecule has 0 bridgehead atoms. The number of rotatable bonds is 9. The standard InChI is InChI=1S/C28H25BrN2O5S/c1-3-35-23-14-20(15-24-27(33)31(28(34)37-24)16-19-9-5-4-6-10-19)13-22(29)26(23)36-17-25(32)30-21-11-7-8-18(2)12-21/h4-15H,3,16-17H2,1-2H3,(H,30,32)/b24-15-. The zero-order valence-electron chi connectivity index (χ0n) is 20.3. The molecule has 3 amide bonds. The van der Waals surface area contributed by atoms with Crippen molar-refractivity contribution in [3.05, 3.63) is 92.8 Å². The van der Waals surface area contributed by atoms with Crippen LogP contribution in [0.25, 0.3) is 6.08 Å². The first-order valence-electron chi connectivity index (χ1n) is 11.6. The van der Waals surface area contributed by atoms with Gasteiger partial charge in [-0.25, -0.2) is 0 Å². The van der Waals surface area contributed by atoms with E-state index < -0.39 is 0 Å². The fourth-order valence-electron chi connectivity index (χ4n) is 3.69. The number of nitrogens with one attached hydrogen (secondary N) is 1. The summed E-state index contributed by atoms with van der Waals surface area (Å²) in [6, 6.07) is 20.3. The lowest BCUT2D eigenvalue weighted by Crippen LogP contribution is -2.27.